The van der Waals surface area contributed by atoms with Gasteiger partial charge in [-0.25, -0.2) is 4.79 Å². The summed E-state index contributed by atoms with van der Waals surface area (Å²) < 4.78 is 5.41. The molecular formula is C11H9NO3S. The van der Waals surface area contributed by atoms with Crippen molar-refractivity contribution >= 4 is 17.3 Å². The topological polar surface area (TPSA) is 59.4 Å². The van der Waals surface area contributed by atoms with Crippen molar-refractivity contribution < 1.29 is 14.6 Å². The lowest BCUT2D eigenvalue weighted by Crippen LogP contribution is -1.96. The molecule has 0 fully saturated rings. The normalized spacial score (nSPS) is 10.0. The average molecular weight is 235 g/mol. The van der Waals surface area contributed by atoms with E-state index in [-0.39, 0.29) is 4.88 Å². The highest BCUT2D eigenvalue weighted by Crippen LogP contribution is 2.22. The van der Waals surface area contributed by atoms with Crippen LogP contribution in [0.1, 0.15) is 15.4 Å². The molecule has 0 amide bonds. The van der Waals surface area contributed by atoms with Gasteiger partial charge in [0.05, 0.1) is 5.69 Å². The summed E-state index contributed by atoms with van der Waals surface area (Å²) in [6.45, 7) is 0.344. The van der Waals surface area contributed by atoms with Crippen molar-refractivity contribution in [1.29, 1.82) is 0 Å². The molecule has 16 heavy (non-hydrogen) atoms. The maximum absolute atomic E-state index is 10.6. The monoisotopic (exact) mass is 235 g/mol. The van der Waals surface area contributed by atoms with Crippen LogP contribution in [0.5, 0.6) is 5.75 Å². The van der Waals surface area contributed by atoms with Crippen molar-refractivity contribution in [2.45, 2.75) is 6.61 Å². The van der Waals surface area contributed by atoms with Gasteiger partial charge in [0.1, 0.15) is 17.2 Å². The number of ether oxygens (including phenoxy) is 1. The van der Waals surface area contributed by atoms with Gasteiger partial charge in [-0.15, -0.1) is 11.3 Å². The molecule has 0 aliphatic heterocycles. The van der Waals surface area contributed by atoms with Gasteiger partial charge in [0.2, 0.25) is 0 Å². The lowest BCUT2D eigenvalue weighted by molar-refractivity contribution is 0.0702. The van der Waals surface area contributed by atoms with Gasteiger partial charge in [-0.2, -0.15) is 0 Å². The molecule has 0 unspecified atom stereocenters. The number of pyridine rings is 1. The molecule has 5 heteroatoms. The fourth-order valence-corrected chi connectivity index (χ4v) is 1.81. The van der Waals surface area contributed by atoms with Gasteiger partial charge in [0.25, 0.3) is 0 Å². The number of nitrogens with zero attached hydrogens (tertiary/aromatic N) is 1. The first-order valence-electron chi connectivity index (χ1n) is 4.60. The average Bonchev–Trinajstić information content (AvgIpc) is 2.76. The summed E-state index contributed by atoms with van der Waals surface area (Å²) in [6.07, 6.45) is 1.69. The molecule has 0 aliphatic rings. The number of rotatable bonds is 4. The van der Waals surface area contributed by atoms with Gasteiger partial charge in [-0.05, 0) is 12.1 Å². The Bertz CT molecular complexity index is 481. The van der Waals surface area contributed by atoms with Crippen molar-refractivity contribution in [3.8, 4) is 5.75 Å². The Labute approximate surface area is 96.1 Å². The van der Waals surface area contributed by atoms with E-state index in [9.17, 15) is 4.79 Å². The van der Waals surface area contributed by atoms with Gasteiger partial charge in [-0.3, -0.25) is 4.98 Å². The quantitative estimate of drug-likeness (QED) is 0.884. The van der Waals surface area contributed by atoms with Crippen LogP contribution in [0, 0.1) is 0 Å². The Morgan fingerprint density at radius 2 is 2.38 bits per heavy atom. The van der Waals surface area contributed by atoms with Gasteiger partial charge >= 0.3 is 5.97 Å². The molecule has 2 aromatic rings. The smallest absolute Gasteiger partial charge is 0.346 e. The molecule has 0 bridgehead atoms. The zero-order valence-corrected chi connectivity index (χ0v) is 9.11. The van der Waals surface area contributed by atoms with Crippen LogP contribution in [-0.2, 0) is 6.61 Å². The minimum absolute atomic E-state index is 0.274. The second-order valence-corrected chi connectivity index (χ2v) is 3.97. The molecule has 4 nitrogen and oxygen atoms in total. The summed E-state index contributed by atoms with van der Waals surface area (Å²) in [5, 5.41) is 10.4. The summed E-state index contributed by atoms with van der Waals surface area (Å²) in [5.74, 6) is -0.370. The van der Waals surface area contributed by atoms with E-state index in [1.807, 2.05) is 18.2 Å². The molecule has 0 saturated heterocycles. The molecule has 82 valence electrons. The first kappa shape index (κ1) is 10.6. The van der Waals surface area contributed by atoms with E-state index in [0.717, 1.165) is 17.0 Å². The highest BCUT2D eigenvalue weighted by molar-refractivity contribution is 7.12. The SMILES string of the molecule is O=C(O)c1cc(OCc2ccccn2)cs1. The molecule has 0 atom stereocenters. The van der Waals surface area contributed by atoms with Crippen LogP contribution < -0.4 is 4.74 Å². The van der Waals surface area contributed by atoms with Crippen LogP contribution >= 0.6 is 11.3 Å². The predicted octanol–water partition coefficient (Wildman–Crippen LogP) is 2.42. The maximum Gasteiger partial charge on any atom is 0.346 e. The fourth-order valence-electron chi connectivity index (χ4n) is 1.15. The van der Waals surface area contributed by atoms with Crippen LogP contribution in [0.15, 0.2) is 35.8 Å². The Kier molecular flexibility index (Phi) is 3.16. The number of carboxylic acid groups (broad SMARTS) is 1. The lowest BCUT2D eigenvalue weighted by atomic mass is 10.4. The lowest BCUT2D eigenvalue weighted by Gasteiger charge is -2.01. The van der Waals surface area contributed by atoms with Crippen LogP contribution in [-0.4, -0.2) is 16.1 Å². The third-order valence-electron chi connectivity index (χ3n) is 1.90. The fraction of sp³-hybridized carbons (Fsp3) is 0.0909. The Balaban J connectivity index is 1.97. The molecule has 0 spiro atoms. The summed E-state index contributed by atoms with van der Waals surface area (Å²) in [5.41, 5.74) is 0.811. The van der Waals surface area contributed by atoms with Crippen molar-refractivity contribution in [3.05, 3.63) is 46.4 Å². The largest absolute Gasteiger partial charge is 0.486 e. The summed E-state index contributed by atoms with van der Waals surface area (Å²) in [7, 11) is 0. The number of carbonyl (C=O) groups is 1. The minimum atomic E-state index is -0.933. The molecule has 2 aromatic heterocycles. The highest BCUT2D eigenvalue weighted by Gasteiger charge is 2.07. The first-order chi connectivity index (χ1) is 7.75. The number of thiophene rings is 1. The third kappa shape index (κ3) is 2.58. The maximum atomic E-state index is 10.6. The molecule has 2 rings (SSSR count). The third-order valence-corrected chi connectivity index (χ3v) is 2.80. The predicted molar refractivity (Wildman–Crippen MR) is 59.8 cm³/mol. The summed E-state index contributed by atoms with van der Waals surface area (Å²) >= 11 is 1.15. The van der Waals surface area contributed by atoms with Gasteiger partial charge in [0, 0.05) is 17.6 Å². The van der Waals surface area contributed by atoms with Gasteiger partial charge in [0.15, 0.2) is 0 Å². The van der Waals surface area contributed by atoms with Crippen LogP contribution in [0.4, 0.5) is 0 Å². The van der Waals surface area contributed by atoms with Crippen molar-refractivity contribution in [1.82, 2.24) is 4.98 Å². The number of carboxylic acids is 1. The summed E-state index contributed by atoms with van der Waals surface area (Å²) in [4.78, 5) is 15.0. The van der Waals surface area contributed by atoms with Crippen molar-refractivity contribution in [2.75, 3.05) is 0 Å². The Morgan fingerprint density at radius 3 is 3.00 bits per heavy atom. The zero-order valence-electron chi connectivity index (χ0n) is 8.29. The Morgan fingerprint density at radius 1 is 1.50 bits per heavy atom. The molecule has 0 aliphatic carbocycles. The second kappa shape index (κ2) is 4.76. The number of hydrogen-bond donors (Lipinski definition) is 1. The Hall–Kier alpha value is -1.88. The van der Waals surface area contributed by atoms with E-state index in [1.165, 1.54) is 6.07 Å². The highest BCUT2D eigenvalue weighted by atomic mass is 32.1. The van der Waals surface area contributed by atoms with E-state index in [2.05, 4.69) is 4.98 Å². The summed E-state index contributed by atoms with van der Waals surface area (Å²) in [6, 6.07) is 7.07. The van der Waals surface area contributed by atoms with Crippen molar-refractivity contribution in [2.24, 2.45) is 0 Å². The van der Waals surface area contributed by atoms with Crippen LogP contribution in [0.2, 0.25) is 0 Å². The molecular weight excluding hydrogens is 226 g/mol. The zero-order chi connectivity index (χ0) is 11.4. The van der Waals surface area contributed by atoms with E-state index < -0.39 is 5.97 Å². The molecule has 0 radical (unpaired) electrons. The van der Waals surface area contributed by atoms with Gasteiger partial charge < -0.3 is 9.84 Å². The number of aromatic carboxylic acids is 1. The molecule has 2 heterocycles. The number of hydrogen-bond acceptors (Lipinski definition) is 4. The van der Waals surface area contributed by atoms with E-state index in [4.69, 9.17) is 9.84 Å². The standard InChI is InChI=1S/C11H9NO3S/c13-11(14)10-5-9(7-16-10)15-6-8-3-1-2-4-12-8/h1-5,7H,6H2,(H,13,14). The van der Waals surface area contributed by atoms with Crippen LogP contribution in [0.3, 0.4) is 0 Å². The number of aromatic nitrogens is 1. The van der Waals surface area contributed by atoms with Crippen molar-refractivity contribution in [3.63, 3.8) is 0 Å². The first-order valence-corrected chi connectivity index (χ1v) is 5.48. The molecule has 0 aromatic carbocycles. The van der Waals surface area contributed by atoms with E-state index in [0.29, 0.717) is 12.4 Å². The minimum Gasteiger partial charge on any atom is -0.486 e. The molecule has 0 saturated carbocycles. The second-order valence-electron chi connectivity index (χ2n) is 3.06. The molecule has 1 N–H and O–H groups in total. The van der Waals surface area contributed by atoms with Crippen LogP contribution in [0.25, 0.3) is 0 Å². The van der Waals surface area contributed by atoms with E-state index >= 15 is 0 Å². The van der Waals surface area contributed by atoms with E-state index in [1.54, 1.807) is 11.6 Å². The van der Waals surface area contributed by atoms with Gasteiger partial charge in [-0.1, -0.05) is 6.07 Å².